The van der Waals surface area contributed by atoms with E-state index in [1.807, 2.05) is 61.2 Å². The summed E-state index contributed by atoms with van der Waals surface area (Å²) < 4.78 is 6.40. The van der Waals surface area contributed by atoms with E-state index in [9.17, 15) is 4.79 Å². The van der Waals surface area contributed by atoms with E-state index in [-0.39, 0.29) is 17.8 Å². The Balaban J connectivity index is 1.62. The Labute approximate surface area is 185 Å². The number of fused-ring (bicyclic) bond motifs is 1. The summed E-state index contributed by atoms with van der Waals surface area (Å²) in [5, 5.41) is 1.90. The molecule has 3 heterocycles. The molecule has 0 unspecified atom stereocenters. The number of rotatable bonds is 4. The first-order valence-electron chi connectivity index (χ1n) is 10.6. The molecular formula is C25H23N5O2. The summed E-state index contributed by atoms with van der Waals surface area (Å²) in [5.41, 5.74) is 9.01. The molecule has 1 fully saturated rings. The molecule has 0 saturated carbocycles. The van der Waals surface area contributed by atoms with Crippen LogP contribution in [0, 0.1) is 12.8 Å². The zero-order chi connectivity index (χ0) is 22.2. The molecule has 0 aliphatic carbocycles. The second-order valence-electron chi connectivity index (χ2n) is 8.02. The summed E-state index contributed by atoms with van der Waals surface area (Å²) in [6, 6.07) is 15.5. The standard InChI is InChI=1S/C25H23N5O2/c1-15-8-9-17-18(5-3-7-21(17)30-14-11-16(2)24(30)31)22(15)32-23-19(6-4-12-27-23)20-10-13-28-25(26)29-20/h3-10,12-13,16H,11,14H2,1-2H3,(H2,26,28,29)/t16-/m0/s1. The fourth-order valence-corrected chi connectivity index (χ4v) is 4.14. The lowest BCUT2D eigenvalue weighted by molar-refractivity contribution is -0.119. The van der Waals surface area contributed by atoms with E-state index in [2.05, 4.69) is 15.0 Å². The van der Waals surface area contributed by atoms with Gasteiger partial charge in [-0.2, -0.15) is 0 Å². The third-order valence-corrected chi connectivity index (χ3v) is 5.87. The highest BCUT2D eigenvalue weighted by atomic mass is 16.5. The van der Waals surface area contributed by atoms with Gasteiger partial charge < -0.3 is 15.4 Å². The number of ether oxygens (including phenoxy) is 1. The lowest BCUT2D eigenvalue weighted by atomic mass is 10.0. The van der Waals surface area contributed by atoms with Crippen molar-refractivity contribution in [3.8, 4) is 22.9 Å². The topological polar surface area (TPSA) is 94.2 Å². The molecule has 0 spiro atoms. The van der Waals surface area contributed by atoms with Crippen molar-refractivity contribution in [2.45, 2.75) is 20.3 Å². The first-order valence-corrected chi connectivity index (χ1v) is 10.6. The first-order chi connectivity index (χ1) is 15.5. The number of nitrogens with two attached hydrogens (primary N) is 1. The number of nitrogens with zero attached hydrogens (tertiary/aromatic N) is 4. The summed E-state index contributed by atoms with van der Waals surface area (Å²) in [5.74, 6) is 1.52. The van der Waals surface area contributed by atoms with Crippen LogP contribution >= 0.6 is 0 Å². The van der Waals surface area contributed by atoms with Gasteiger partial charge in [0.1, 0.15) is 5.75 Å². The Bertz CT molecular complexity index is 1340. The lowest BCUT2D eigenvalue weighted by Gasteiger charge is -2.20. The molecule has 7 nitrogen and oxygen atoms in total. The molecule has 2 aromatic carbocycles. The Morgan fingerprint density at radius 1 is 1.03 bits per heavy atom. The lowest BCUT2D eigenvalue weighted by Crippen LogP contribution is -2.26. The van der Waals surface area contributed by atoms with Gasteiger partial charge in [-0.1, -0.05) is 31.2 Å². The third kappa shape index (κ3) is 3.41. The minimum atomic E-state index is 0.0443. The molecule has 2 aromatic heterocycles. The summed E-state index contributed by atoms with van der Waals surface area (Å²) in [6.07, 6.45) is 4.15. The number of hydrogen-bond acceptors (Lipinski definition) is 6. The van der Waals surface area contributed by atoms with Crippen molar-refractivity contribution in [2.24, 2.45) is 5.92 Å². The Morgan fingerprint density at radius 2 is 1.91 bits per heavy atom. The number of amides is 1. The molecule has 32 heavy (non-hydrogen) atoms. The van der Waals surface area contributed by atoms with Crippen LogP contribution in [-0.2, 0) is 4.79 Å². The van der Waals surface area contributed by atoms with Crippen molar-refractivity contribution in [1.82, 2.24) is 15.0 Å². The number of anilines is 2. The second kappa shape index (κ2) is 7.92. The van der Waals surface area contributed by atoms with E-state index in [4.69, 9.17) is 10.5 Å². The quantitative estimate of drug-likeness (QED) is 0.507. The summed E-state index contributed by atoms with van der Waals surface area (Å²) in [7, 11) is 0. The van der Waals surface area contributed by atoms with Gasteiger partial charge in [-0.05, 0) is 43.2 Å². The van der Waals surface area contributed by atoms with Gasteiger partial charge in [0, 0.05) is 35.6 Å². The van der Waals surface area contributed by atoms with Gasteiger partial charge in [0.15, 0.2) is 0 Å². The maximum atomic E-state index is 12.7. The van der Waals surface area contributed by atoms with E-state index < -0.39 is 0 Å². The van der Waals surface area contributed by atoms with Crippen LogP contribution in [0.2, 0.25) is 0 Å². The van der Waals surface area contributed by atoms with Crippen molar-refractivity contribution < 1.29 is 9.53 Å². The molecule has 0 radical (unpaired) electrons. The van der Waals surface area contributed by atoms with Crippen LogP contribution in [0.1, 0.15) is 18.9 Å². The van der Waals surface area contributed by atoms with Gasteiger partial charge in [0.2, 0.25) is 17.7 Å². The highest BCUT2D eigenvalue weighted by Crippen LogP contribution is 2.40. The SMILES string of the molecule is Cc1ccc2c(N3CC[C@H](C)C3=O)cccc2c1Oc1ncccc1-c1ccnc(N)n1. The fourth-order valence-electron chi connectivity index (χ4n) is 4.14. The monoisotopic (exact) mass is 425 g/mol. The van der Waals surface area contributed by atoms with Crippen LogP contribution in [0.5, 0.6) is 11.6 Å². The van der Waals surface area contributed by atoms with Crippen LogP contribution in [-0.4, -0.2) is 27.4 Å². The van der Waals surface area contributed by atoms with Crippen molar-refractivity contribution in [3.05, 3.63) is 66.5 Å². The zero-order valence-corrected chi connectivity index (χ0v) is 17.9. The van der Waals surface area contributed by atoms with Crippen LogP contribution in [0.25, 0.3) is 22.0 Å². The summed E-state index contributed by atoms with van der Waals surface area (Å²) in [6.45, 7) is 4.70. The van der Waals surface area contributed by atoms with Gasteiger partial charge in [-0.25, -0.2) is 15.0 Å². The highest BCUT2D eigenvalue weighted by Gasteiger charge is 2.30. The predicted molar refractivity (Wildman–Crippen MR) is 125 cm³/mol. The van der Waals surface area contributed by atoms with Gasteiger partial charge >= 0.3 is 0 Å². The molecule has 1 aliphatic rings. The number of nitrogen functional groups attached to an aromatic ring is 1. The van der Waals surface area contributed by atoms with Crippen LogP contribution in [0.15, 0.2) is 60.9 Å². The summed E-state index contributed by atoms with van der Waals surface area (Å²) >= 11 is 0. The maximum Gasteiger partial charge on any atom is 0.229 e. The van der Waals surface area contributed by atoms with E-state index in [0.717, 1.165) is 40.6 Å². The maximum absolute atomic E-state index is 12.7. The molecule has 1 amide bonds. The highest BCUT2D eigenvalue weighted by molar-refractivity contribution is 6.07. The van der Waals surface area contributed by atoms with Gasteiger partial charge in [0.05, 0.1) is 16.9 Å². The molecule has 1 aliphatic heterocycles. The second-order valence-corrected chi connectivity index (χ2v) is 8.02. The zero-order valence-electron chi connectivity index (χ0n) is 17.9. The largest absolute Gasteiger partial charge is 0.437 e. The number of benzene rings is 2. The fraction of sp³-hybridized carbons (Fsp3) is 0.200. The smallest absolute Gasteiger partial charge is 0.229 e. The minimum absolute atomic E-state index is 0.0443. The molecule has 0 bridgehead atoms. The number of carbonyl (C=O) groups is 1. The molecular weight excluding hydrogens is 402 g/mol. The van der Waals surface area contributed by atoms with E-state index in [1.54, 1.807) is 18.5 Å². The number of pyridine rings is 1. The van der Waals surface area contributed by atoms with E-state index >= 15 is 0 Å². The Morgan fingerprint density at radius 3 is 2.69 bits per heavy atom. The summed E-state index contributed by atoms with van der Waals surface area (Å²) in [4.78, 5) is 27.3. The predicted octanol–water partition coefficient (Wildman–Crippen LogP) is 4.75. The minimum Gasteiger partial charge on any atom is -0.437 e. The molecule has 2 N–H and O–H groups in total. The number of hydrogen-bond donors (Lipinski definition) is 1. The van der Waals surface area contributed by atoms with E-state index in [1.165, 1.54) is 0 Å². The van der Waals surface area contributed by atoms with Crippen LogP contribution in [0.4, 0.5) is 11.6 Å². The number of aryl methyl sites for hydroxylation is 1. The van der Waals surface area contributed by atoms with Crippen molar-refractivity contribution in [2.75, 3.05) is 17.2 Å². The molecule has 7 heteroatoms. The Hall–Kier alpha value is -4.00. The first kappa shape index (κ1) is 19.9. The average Bonchev–Trinajstić information content (AvgIpc) is 3.13. The van der Waals surface area contributed by atoms with E-state index in [0.29, 0.717) is 17.3 Å². The van der Waals surface area contributed by atoms with Gasteiger partial charge in [-0.3, -0.25) is 4.79 Å². The Kier molecular flexibility index (Phi) is 4.93. The third-order valence-electron chi connectivity index (χ3n) is 5.87. The molecule has 5 rings (SSSR count). The van der Waals surface area contributed by atoms with Crippen molar-refractivity contribution >= 4 is 28.3 Å². The van der Waals surface area contributed by atoms with Crippen LogP contribution < -0.4 is 15.4 Å². The molecule has 1 saturated heterocycles. The number of carbonyl (C=O) groups excluding carboxylic acids is 1. The average molecular weight is 425 g/mol. The normalized spacial score (nSPS) is 16.0. The number of aromatic nitrogens is 3. The molecule has 160 valence electrons. The molecule has 1 atom stereocenters. The molecule has 4 aromatic rings. The van der Waals surface area contributed by atoms with Crippen LogP contribution in [0.3, 0.4) is 0 Å². The van der Waals surface area contributed by atoms with Gasteiger partial charge in [-0.15, -0.1) is 0 Å². The van der Waals surface area contributed by atoms with Crippen molar-refractivity contribution in [1.29, 1.82) is 0 Å². The van der Waals surface area contributed by atoms with Crippen molar-refractivity contribution in [3.63, 3.8) is 0 Å². The van der Waals surface area contributed by atoms with Gasteiger partial charge in [0.25, 0.3) is 0 Å².